The Kier molecular flexibility index (Phi) is 18.7. The van der Waals surface area contributed by atoms with Gasteiger partial charge in [-0.2, -0.15) is 0 Å². The average molecular weight is 508 g/mol. The summed E-state index contributed by atoms with van der Waals surface area (Å²) in [6.45, 7) is 1.92. The summed E-state index contributed by atoms with van der Waals surface area (Å²) in [7, 11) is -5.07. The van der Waals surface area contributed by atoms with Gasteiger partial charge in [-0.15, -0.1) is 0 Å². The zero-order chi connectivity index (χ0) is 25.6. The summed E-state index contributed by atoms with van der Waals surface area (Å²) in [6, 6.07) is 9.20. The Hall–Kier alpha value is -1.46. The molecule has 0 aromatic heterocycles. The Morgan fingerprint density at radius 1 is 0.914 bits per heavy atom. The first kappa shape index (κ1) is 31.6. The molecule has 1 amide bonds. The number of nitrogens with one attached hydrogen (secondary N) is 1. The van der Waals surface area contributed by atoms with Crippen LogP contribution in [0.1, 0.15) is 109 Å². The molecule has 0 spiro atoms. The Morgan fingerprint density at radius 2 is 1.49 bits per heavy atom. The van der Waals surface area contributed by atoms with Gasteiger partial charge in [0.1, 0.15) is 0 Å². The quantitative estimate of drug-likeness (QED) is 0.118. The third-order valence-electron chi connectivity index (χ3n) is 6.09. The molecule has 0 aliphatic carbocycles. The Morgan fingerprint density at radius 3 is 2.09 bits per heavy atom. The van der Waals surface area contributed by atoms with E-state index < -0.39 is 13.9 Å². The summed E-state index contributed by atoms with van der Waals surface area (Å²) in [6.07, 6.45) is 21.8. The van der Waals surface area contributed by atoms with Crippen LogP contribution in [0.3, 0.4) is 0 Å². The smallest absolute Gasteiger partial charge is 0.220 e. The number of phosphoric ester groups is 1. The molecular weight excluding hydrogens is 461 g/mol. The first-order valence-electron chi connectivity index (χ1n) is 13.6. The van der Waals surface area contributed by atoms with E-state index in [2.05, 4.69) is 28.9 Å². The lowest BCUT2D eigenvalue weighted by molar-refractivity contribution is -0.342. The van der Waals surface area contributed by atoms with Crippen molar-refractivity contribution in [3.05, 3.63) is 48.0 Å². The molecular formula is C28H46NO5P-2. The summed E-state index contributed by atoms with van der Waals surface area (Å²) in [4.78, 5) is 34.0. The second-order valence-electron chi connectivity index (χ2n) is 9.37. The van der Waals surface area contributed by atoms with Crippen molar-refractivity contribution in [2.75, 3.05) is 6.61 Å². The number of rotatable bonds is 22. The minimum atomic E-state index is -5.07. The lowest BCUT2D eigenvalue weighted by Crippen LogP contribution is -2.39. The predicted octanol–water partition coefficient (Wildman–Crippen LogP) is 5.99. The molecule has 0 saturated carbocycles. The second-order valence-corrected chi connectivity index (χ2v) is 10.5. The average Bonchev–Trinajstić information content (AvgIpc) is 2.83. The number of hydrogen-bond donors (Lipinski definition) is 1. The van der Waals surface area contributed by atoms with Gasteiger partial charge in [0.15, 0.2) is 0 Å². The fourth-order valence-corrected chi connectivity index (χ4v) is 4.38. The number of carbonyl (C=O) groups excluding carboxylic acids is 1. The number of unbranched alkanes of at least 4 members (excludes halogenated alkanes) is 11. The molecule has 0 bridgehead atoms. The number of aryl methyl sites for hydroxylation is 1. The van der Waals surface area contributed by atoms with Gasteiger partial charge in [-0.25, -0.2) is 0 Å². The zero-order valence-corrected chi connectivity index (χ0v) is 22.5. The number of hydrogen-bond acceptors (Lipinski definition) is 5. The van der Waals surface area contributed by atoms with Gasteiger partial charge < -0.3 is 24.2 Å². The second kappa shape index (κ2) is 20.7. The monoisotopic (exact) mass is 507 g/mol. The summed E-state index contributed by atoms with van der Waals surface area (Å²) < 4.78 is 15.3. The highest BCUT2D eigenvalue weighted by molar-refractivity contribution is 7.43. The van der Waals surface area contributed by atoms with Gasteiger partial charge in [0.25, 0.3) is 0 Å². The number of carbonyl (C=O) groups is 1. The number of allylic oxidation sites excluding steroid dienone is 2. The Bertz CT molecular complexity index is 719. The van der Waals surface area contributed by atoms with E-state index in [9.17, 15) is 19.1 Å². The molecule has 1 N–H and O–H groups in total. The largest absolute Gasteiger partial charge is 0.790 e. The highest BCUT2D eigenvalue weighted by Gasteiger charge is 2.13. The molecule has 0 aliphatic heterocycles. The zero-order valence-electron chi connectivity index (χ0n) is 21.6. The molecule has 0 fully saturated rings. The van der Waals surface area contributed by atoms with Crippen molar-refractivity contribution < 1.29 is 23.7 Å². The molecule has 7 heteroatoms. The van der Waals surface area contributed by atoms with Crippen LogP contribution in [0.15, 0.2) is 42.5 Å². The van der Waals surface area contributed by atoms with Crippen LogP contribution in [0.25, 0.3) is 0 Å². The molecule has 1 rings (SSSR count). The first-order valence-corrected chi connectivity index (χ1v) is 15.0. The molecule has 1 atom stereocenters. The third kappa shape index (κ3) is 20.4. The third-order valence-corrected chi connectivity index (χ3v) is 6.55. The van der Waals surface area contributed by atoms with Crippen LogP contribution in [0.5, 0.6) is 0 Å². The Balaban J connectivity index is 2.11. The van der Waals surface area contributed by atoms with E-state index in [0.29, 0.717) is 19.3 Å². The number of amides is 1. The number of benzene rings is 1. The summed E-state index contributed by atoms with van der Waals surface area (Å²) in [5.41, 5.74) is 1.08. The van der Waals surface area contributed by atoms with Crippen LogP contribution in [-0.2, 0) is 20.3 Å². The lowest BCUT2D eigenvalue weighted by Gasteiger charge is -2.31. The molecule has 0 unspecified atom stereocenters. The highest BCUT2D eigenvalue weighted by atomic mass is 31.2. The van der Waals surface area contributed by atoms with E-state index in [1.54, 1.807) is 0 Å². The van der Waals surface area contributed by atoms with Gasteiger partial charge in [-0.1, -0.05) is 101 Å². The summed E-state index contributed by atoms with van der Waals surface area (Å²) >= 11 is 0. The van der Waals surface area contributed by atoms with E-state index >= 15 is 0 Å². The maximum atomic E-state index is 12.3. The molecule has 200 valence electrons. The van der Waals surface area contributed by atoms with Crippen LogP contribution < -0.4 is 15.1 Å². The minimum Gasteiger partial charge on any atom is -0.790 e. The van der Waals surface area contributed by atoms with Crippen LogP contribution in [0.4, 0.5) is 0 Å². The van der Waals surface area contributed by atoms with E-state index in [-0.39, 0.29) is 12.5 Å². The molecule has 1 aromatic rings. The van der Waals surface area contributed by atoms with Crippen LogP contribution >= 0.6 is 7.82 Å². The lowest BCUT2D eigenvalue weighted by atomic mass is 10.0. The maximum Gasteiger partial charge on any atom is 0.220 e. The van der Waals surface area contributed by atoms with E-state index in [1.807, 2.05) is 30.3 Å². The summed E-state index contributed by atoms with van der Waals surface area (Å²) in [5.74, 6) is -0.129. The standard InChI is InChI=1S/C28H48NO5P/c1-2-3-4-5-6-7-8-9-10-11-12-13-14-15-19-22-28(30)29-27(25-34-35(31,32)33)24-23-26-20-17-16-18-21-26/h9-10,16-18,20-21,27H,2-8,11-15,19,22-25H2,1H3,(H,29,30)(H2,31,32,33)/p-2/b10-9-/t27-/m1/s1. The van der Waals surface area contributed by atoms with Gasteiger partial charge in [-0.05, 0) is 50.5 Å². The summed E-state index contributed by atoms with van der Waals surface area (Å²) in [5, 5.41) is 2.84. The van der Waals surface area contributed by atoms with Crippen molar-refractivity contribution in [3.8, 4) is 0 Å². The van der Waals surface area contributed by atoms with Gasteiger partial charge in [-0.3, -0.25) is 4.79 Å². The van der Waals surface area contributed by atoms with Crippen molar-refractivity contribution in [1.29, 1.82) is 0 Å². The van der Waals surface area contributed by atoms with Gasteiger partial charge in [0.05, 0.1) is 20.5 Å². The first-order chi connectivity index (χ1) is 16.9. The van der Waals surface area contributed by atoms with Crippen molar-refractivity contribution >= 4 is 13.7 Å². The molecule has 6 nitrogen and oxygen atoms in total. The van der Waals surface area contributed by atoms with Gasteiger partial charge >= 0.3 is 0 Å². The van der Waals surface area contributed by atoms with Gasteiger partial charge in [0, 0.05) is 6.42 Å². The fourth-order valence-electron chi connectivity index (χ4n) is 4.02. The van der Waals surface area contributed by atoms with E-state index in [0.717, 1.165) is 31.2 Å². The van der Waals surface area contributed by atoms with Crippen molar-refractivity contribution in [3.63, 3.8) is 0 Å². The van der Waals surface area contributed by atoms with Crippen molar-refractivity contribution in [1.82, 2.24) is 5.32 Å². The minimum absolute atomic E-state index is 0.129. The van der Waals surface area contributed by atoms with Crippen molar-refractivity contribution in [2.24, 2.45) is 0 Å². The van der Waals surface area contributed by atoms with Crippen LogP contribution in [-0.4, -0.2) is 18.6 Å². The predicted molar refractivity (Wildman–Crippen MR) is 140 cm³/mol. The molecule has 0 heterocycles. The normalized spacial score (nSPS) is 12.8. The van der Waals surface area contributed by atoms with Gasteiger partial charge in [0.2, 0.25) is 5.91 Å². The molecule has 0 saturated heterocycles. The SMILES string of the molecule is CCCCCCCC/C=C\CCCCCCCC(=O)N[C@H](CCc1ccccc1)COP(=O)([O-])[O-]. The highest BCUT2D eigenvalue weighted by Crippen LogP contribution is 2.25. The van der Waals surface area contributed by atoms with Crippen LogP contribution in [0, 0.1) is 0 Å². The van der Waals surface area contributed by atoms with E-state index in [4.69, 9.17) is 0 Å². The maximum absolute atomic E-state index is 12.3. The Labute approximate surface area is 213 Å². The number of phosphoric acid groups is 1. The molecule has 1 aromatic carbocycles. The van der Waals surface area contributed by atoms with Crippen molar-refractivity contribution in [2.45, 2.75) is 116 Å². The fraction of sp³-hybridized carbons (Fsp3) is 0.679. The molecule has 35 heavy (non-hydrogen) atoms. The van der Waals surface area contributed by atoms with E-state index in [1.165, 1.54) is 57.8 Å². The molecule has 0 radical (unpaired) electrons. The van der Waals surface area contributed by atoms with Crippen LogP contribution in [0.2, 0.25) is 0 Å². The topological polar surface area (TPSA) is 102 Å². The molecule has 0 aliphatic rings.